The molecule has 1 amide bonds. The van der Waals surface area contributed by atoms with Crippen molar-refractivity contribution in [3.05, 3.63) is 71.8 Å². The summed E-state index contributed by atoms with van der Waals surface area (Å²) >= 11 is 0. The highest BCUT2D eigenvalue weighted by Gasteiger charge is 2.39. The number of hydrogen-bond donors (Lipinski definition) is 2. The highest BCUT2D eigenvalue weighted by Crippen LogP contribution is 2.30. The monoisotopic (exact) mass is 406 g/mol. The van der Waals surface area contributed by atoms with Crippen LogP contribution in [-0.2, 0) is 10.4 Å². The van der Waals surface area contributed by atoms with E-state index in [0.29, 0.717) is 11.1 Å². The number of aliphatic hydroxyl groups is 1. The second-order valence-corrected chi connectivity index (χ2v) is 8.24. The van der Waals surface area contributed by atoms with E-state index in [0.717, 1.165) is 31.4 Å². The molecule has 2 aromatic rings. The van der Waals surface area contributed by atoms with Crippen molar-refractivity contribution < 1.29 is 9.90 Å². The molecular weight excluding hydrogens is 372 g/mol. The summed E-state index contributed by atoms with van der Waals surface area (Å²) in [6.45, 7) is 0. The van der Waals surface area contributed by atoms with Gasteiger partial charge >= 0.3 is 0 Å². The predicted molar refractivity (Wildman–Crippen MR) is 122 cm³/mol. The second-order valence-electron chi connectivity index (χ2n) is 8.24. The molecule has 3 rings (SSSR count). The molecule has 0 saturated heterocycles. The molecule has 2 aromatic carbocycles. The Bertz CT molecular complexity index is 749. The van der Waals surface area contributed by atoms with Crippen LogP contribution in [0.4, 0.5) is 0 Å². The summed E-state index contributed by atoms with van der Waals surface area (Å²) in [6.07, 6.45) is 13.0. The molecule has 160 valence electrons. The SMILES string of the molecule is O=C(NN=C1CCCCCCCCCCC1)C(O)(c1ccccc1)c1ccccc1. The van der Waals surface area contributed by atoms with E-state index in [1.807, 2.05) is 36.4 Å². The fourth-order valence-electron chi connectivity index (χ4n) is 4.13. The van der Waals surface area contributed by atoms with Crippen LogP contribution in [0.5, 0.6) is 0 Å². The van der Waals surface area contributed by atoms with Gasteiger partial charge in [-0.15, -0.1) is 0 Å². The standard InChI is InChI=1S/C26H34N2O2/c29-25(28-27-24-20-14-6-4-2-1-3-5-7-15-21-24)26(30,22-16-10-8-11-17-22)23-18-12-9-13-19-23/h8-13,16-19,30H,1-7,14-15,20-21H2,(H,28,29). The van der Waals surface area contributed by atoms with Gasteiger partial charge in [-0.3, -0.25) is 4.79 Å². The van der Waals surface area contributed by atoms with E-state index < -0.39 is 11.5 Å². The average Bonchev–Trinajstić information content (AvgIpc) is 2.79. The number of rotatable bonds is 4. The Balaban J connectivity index is 1.77. The van der Waals surface area contributed by atoms with E-state index >= 15 is 0 Å². The zero-order valence-corrected chi connectivity index (χ0v) is 17.9. The first-order chi connectivity index (χ1) is 14.7. The van der Waals surface area contributed by atoms with Crippen molar-refractivity contribution in [3.8, 4) is 0 Å². The molecule has 0 radical (unpaired) electrons. The summed E-state index contributed by atoms with van der Waals surface area (Å²) in [5.41, 5.74) is 3.03. The summed E-state index contributed by atoms with van der Waals surface area (Å²) in [5, 5.41) is 16.0. The quantitative estimate of drug-likeness (QED) is 0.640. The summed E-state index contributed by atoms with van der Waals surface area (Å²) in [5.74, 6) is -0.515. The van der Waals surface area contributed by atoms with Crippen LogP contribution in [0.1, 0.15) is 81.8 Å². The highest BCUT2D eigenvalue weighted by atomic mass is 16.3. The van der Waals surface area contributed by atoms with E-state index in [1.165, 1.54) is 44.9 Å². The van der Waals surface area contributed by atoms with Crippen LogP contribution in [0.2, 0.25) is 0 Å². The van der Waals surface area contributed by atoms with Crippen molar-refractivity contribution in [2.75, 3.05) is 0 Å². The Hall–Kier alpha value is -2.46. The van der Waals surface area contributed by atoms with Gasteiger partial charge in [0.2, 0.25) is 0 Å². The van der Waals surface area contributed by atoms with Crippen LogP contribution in [0.3, 0.4) is 0 Å². The molecule has 1 aliphatic carbocycles. The molecule has 2 N–H and O–H groups in total. The first kappa shape index (κ1) is 22.2. The van der Waals surface area contributed by atoms with Gasteiger partial charge in [0.25, 0.3) is 5.91 Å². The van der Waals surface area contributed by atoms with Crippen LogP contribution < -0.4 is 5.43 Å². The Morgan fingerprint density at radius 1 is 0.700 bits per heavy atom. The van der Waals surface area contributed by atoms with Crippen LogP contribution in [-0.4, -0.2) is 16.7 Å². The molecule has 0 aromatic heterocycles. The number of hydrazone groups is 1. The molecular formula is C26H34N2O2. The van der Waals surface area contributed by atoms with Crippen molar-refractivity contribution in [1.82, 2.24) is 5.43 Å². The van der Waals surface area contributed by atoms with E-state index in [2.05, 4.69) is 10.5 Å². The summed E-state index contributed by atoms with van der Waals surface area (Å²) in [7, 11) is 0. The maximum Gasteiger partial charge on any atom is 0.281 e. The van der Waals surface area contributed by atoms with Crippen molar-refractivity contribution in [1.29, 1.82) is 0 Å². The van der Waals surface area contributed by atoms with Crippen LogP contribution in [0.15, 0.2) is 65.8 Å². The van der Waals surface area contributed by atoms with Crippen molar-refractivity contribution >= 4 is 11.6 Å². The van der Waals surface area contributed by atoms with Gasteiger partial charge in [0.1, 0.15) is 0 Å². The number of hydrogen-bond acceptors (Lipinski definition) is 3. The largest absolute Gasteiger partial charge is 0.372 e. The lowest BCUT2D eigenvalue weighted by molar-refractivity contribution is -0.136. The topological polar surface area (TPSA) is 61.7 Å². The minimum atomic E-state index is -1.78. The molecule has 0 spiro atoms. The Kier molecular flexibility index (Phi) is 8.64. The Morgan fingerprint density at radius 3 is 1.53 bits per heavy atom. The molecule has 0 atom stereocenters. The first-order valence-electron chi connectivity index (χ1n) is 11.4. The average molecular weight is 407 g/mol. The van der Waals surface area contributed by atoms with Gasteiger partial charge in [0, 0.05) is 5.71 Å². The molecule has 4 heteroatoms. The third kappa shape index (κ3) is 6.02. The molecule has 4 nitrogen and oxygen atoms in total. The van der Waals surface area contributed by atoms with E-state index in [9.17, 15) is 9.90 Å². The second kappa shape index (κ2) is 11.7. The number of carbonyl (C=O) groups is 1. The fraction of sp³-hybridized carbons (Fsp3) is 0.462. The molecule has 1 fully saturated rings. The number of nitrogens with zero attached hydrogens (tertiary/aromatic N) is 1. The van der Waals surface area contributed by atoms with Crippen LogP contribution in [0.25, 0.3) is 0 Å². The number of nitrogens with one attached hydrogen (secondary N) is 1. The van der Waals surface area contributed by atoms with E-state index in [1.54, 1.807) is 24.3 Å². The van der Waals surface area contributed by atoms with E-state index in [4.69, 9.17) is 0 Å². The number of carbonyl (C=O) groups excluding carboxylic acids is 1. The summed E-state index contributed by atoms with van der Waals surface area (Å²) in [4.78, 5) is 13.2. The van der Waals surface area contributed by atoms with Crippen LogP contribution >= 0.6 is 0 Å². The third-order valence-corrected chi connectivity index (χ3v) is 5.96. The van der Waals surface area contributed by atoms with Crippen molar-refractivity contribution in [2.24, 2.45) is 5.10 Å². The van der Waals surface area contributed by atoms with Gasteiger partial charge in [0.05, 0.1) is 0 Å². The third-order valence-electron chi connectivity index (χ3n) is 5.96. The van der Waals surface area contributed by atoms with Gasteiger partial charge < -0.3 is 5.11 Å². The molecule has 0 bridgehead atoms. The summed E-state index contributed by atoms with van der Waals surface area (Å²) in [6, 6.07) is 18.2. The molecule has 0 unspecified atom stereocenters. The molecule has 1 aliphatic rings. The molecule has 0 heterocycles. The number of benzene rings is 2. The van der Waals surface area contributed by atoms with Gasteiger partial charge in [-0.05, 0) is 36.8 Å². The Labute approximate surface area is 180 Å². The zero-order chi connectivity index (χ0) is 21.1. The van der Waals surface area contributed by atoms with Gasteiger partial charge in [-0.25, -0.2) is 5.43 Å². The van der Waals surface area contributed by atoms with Crippen molar-refractivity contribution in [2.45, 2.75) is 76.2 Å². The highest BCUT2D eigenvalue weighted by molar-refractivity contribution is 5.92. The minimum absolute atomic E-state index is 0.515. The molecule has 1 saturated carbocycles. The normalized spacial score (nSPS) is 16.8. The zero-order valence-electron chi connectivity index (χ0n) is 17.9. The number of amides is 1. The predicted octanol–water partition coefficient (Wildman–Crippen LogP) is 5.70. The van der Waals surface area contributed by atoms with Gasteiger partial charge in [-0.2, -0.15) is 5.10 Å². The lowest BCUT2D eigenvalue weighted by atomic mass is 9.85. The molecule has 0 aliphatic heterocycles. The fourth-order valence-corrected chi connectivity index (χ4v) is 4.13. The lowest BCUT2D eigenvalue weighted by Crippen LogP contribution is -2.43. The van der Waals surface area contributed by atoms with Crippen molar-refractivity contribution in [3.63, 3.8) is 0 Å². The smallest absolute Gasteiger partial charge is 0.281 e. The van der Waals surface area contributed by atoms with Gasteiger partial charge in [-0.1, -0.05) is 106 Å². The first-order valence-corrected chi connectivity index (χ1v) is 11.4. The maximum absolute atomic E-state index is 13.2. The molecule has 30 heavy (non-hydrogen) atoms. The summed E-state index contributed by atoms with van der Waals surface area (Å²) < 4.78 is 0. The van der Waals surface area contributed by atoms with Crippen LogP contribution in [0, 0.1) is 0 Å². The van der Waals surface area contributed by atoms with Gasteiger partial charge in [0.15, 0.2) is 5.60 Å². The maximum atomic E-state index is 13.2. The Morgan fingerprint density at radius 2 is 1.10 bits per heavy atom. The van der Waals surface area contributed by atoms with E-state index in [-0.39, 0.29) is 0 Å². The minimum Gasteiger partial charge on any atom is -0.372 e. The lowest BCUT2D eigenvalue weighted by Gasteiger charge is -2.27.